The van der Waals surface area contributed by atoms with Gasteiger partial charge < -0.3 is 14.7 Å². The maximum atomic E-state index is 10.7. The number of ether oxygens (including phenoxy) is 1. The van der Waals surface area contributed by atoms with Crippen molar-refractivity contribution in [3.8, 4) is 16.9 Å². The number of carboxylic acids is 1. The quantitative estimate of drug-likeness (QED) is 0.328. The van der Waals surface area contributed by atoms with Gasteiger partial charge in [-0.05, 0) is 35.2 Å². The fourth-order valence-electron chi connectivity index (χ4n) is 2.95. The smallest absolute Gasteiger partial charge is 0.303 e. The molecule has 0 amide bonds. The molecule has 3 rings (SSSR count). The van der Waals surface area contributed by atoms with Gasteiger partial charge in [0, 0.05) is 24.1 Å². The Kier molecular flexibility index (Phi) is 7.00. The topological polar surface area (TPSA) is 71.7 Å². The number of rotatable bonds is 9. The molecule has 3 aromatic rings. The van der Waals surface area contributed by atoms with Crippen LogP contribution in [0.5, 0.6) is 5.75 Å². The van der Waals surface area contributed by atoms with Crippen LogP contribution in [0.15, 0.2) is 84.0 Å². The molecule has 0 aliphatic rings. The molecule has 0 aliphatic carbocycles. The maximum Gasteiger partial charge on any atom is 0.303 e. The number of aryl methyl sites for hydroxylation is 1. The first-order chi connectivity index (χ1) is 14.2. The van der Waals surface area contributed by atoms with Crippen molar-refractivity contribution >= 4 is 11.7 Å². The van der Waals surface area contributed by atoms with E-state index in [1.807, 2.05) is 78.9 Å². The zero-order valence-corrected chi connectivity index (χ0v) is 16.3. The van der Waals surface area contributed by atoms with Crippen LogP contribution >= 0.6 is 0 Å². The summed E-state index contributed by atoms with van der Waals surface area (Å²) in [6, 6.07) is 25.8. The zero-order valence-electron chi connectivity index (χ0n) is 16.3. The van der Waals surface area contributed by atoms with E-state index in [2.05, 4.69) is 9.89 Å². The Morgan fingerprint density at radius 3 is 2.14 bits per heavy atom. The summed E-state index contributed by atoms with van der Waals surface area (Å²) < 4.78 is 4.62. The van der Waals surface area contributed by atoms with Crippen LogP contribution in [0.25, 0.3) is 11.1 Å². The minimum atomic E-state index is -0.778. The van der Waals surface area contributed by atoms with E-state index in [4.69, 9.17) is 9.94 Å². The molecular formula is C24H24NO4+. The highest BCUT2D eigenvalue weighted by Gasteiger charge is 2.09. The summed E-state index contributed by atoms with van der Waals surface area (Å²) in [5, 5.41) is 12.9. The molecule has 0 bridgehead atoms. The van der Waals surface area contributed by atoms with Crippen LogP contribution in [0.4, 0.5) is 0 Å². The fraction of sp³-hybridized carbons (Fsp3) is 0.167. The lowest BCUT2D eigenvalue weighted by Gasteiger charge is -2.08. The van der Waals surface area contributed by atoms with E-state index >= 15 is 0 Å². The first-order valence-corrected chi connectivity index (χ1v) is 9.40. The molecule has 5 nitrogen and oxygen atoms in total. The summed E-state index contributed by atoms with van der Waals surface area (Å²) >= 11 is 0. The van der Waals surface area contributed by atoms with E-state index in [0.29, 0.717) is 13.0 Å². The van der Waals surface area contributed by atoms with Gasteiger partial charge in [-0.2, -0.15) is 0 Å². The van der Waals surface area contributed by atoms with Crippen molar-refractivity contribution in [2.24, 2.45) is 5.16 Å². The van der Waals surface area contributed by atoms with E-state index in [0.717, 1.165) is 33.7 Å². The molecule has 0 aromatic heterocycles. The fourth-order valence-corrected chi connectivity index (χ4v) is 2.95. The standard InChI is InChI=1S/C24H23NO4/c1-28-25-23(21-5-3-2-4-6-21)17-29-22-14-12-20(13-15-22)19-10-7-18(8-11-19)9-16-24(26)27/h2-8,10-15H,9,16-17H2,1H3,(H,26,27)/p+1/b25-23+. The number of benzene rings is 3. The monoisotopic (exact) mass is 390 g/mol. The van der Waals surface area contributed by atoms with Crippen LogP contribution in [-0.4, -0.2) is 35.2 Å². The van der Waals surface area contributed by atoms with Crippen LogP contribution in [0, 0.1) is 0 Å². The number of hydrogen-bond acceptors (Lipinski definition) is 3. The Morgan fingerprint density at radius 2 is 1.55 bits per heavy atom. The van der Waals surface area contributed by atoms with Gasteiger partial charge in [0.2, 0.25) is 6.61 Å². The molecule has 0 aliphatic heterocycles. The summed E-state index contributed by atoms with van der Waals surface area (Å²) in [6.45, 7) is 0.426. The molecule has 0 fully saturated rings. The molecule has 2 N–H and O–H groups in total. The van der Waals surface area contributed by atoms with Gasteiger partial charge in [0.25, 0.3) is 5.75 Å². The number of carboxylic acid groups (broad SMARTS) is 1. The molecule has 0 unspecified atom stereocenters. The second-order valence-electron chi connectivity index (χ2n) is 6.54. The van der Waals surface area contributed by atoms with Crippen LogP contribution in [-0.2, 0) is 16.1 Å². The van der Waals surface area contributed by atoms with Crippen molar-refractivity contribution in [1.29, 1.82) is 0 Å². The van der Waals surface area contributed by atoms with E-state index < -0.39 is 5.97 Å². The van der Waals surface area contributed by atoms with Crippen LogP contribution in [0.3, 0.4) is 0 Å². The second kappa shape index (κ2) is 10.1. The molecule has 0 heterocycles. The average molecular weight is 390 g/mol. The summed E-state index contributed by atoms with van der Waals surface area (Å²) in [7, 11) is 1.53. The summed E-state index contributed by atoms with van der Waals surface area (Å²) in [4.78, 5) is 15.6. The Bertz CT molecular complexity index is 948. The Hall–Kier alpha value is -3.60. The third-order valence-corrected chi connectivity index (χ3v) is 4.50. The molecule has 0 saturated carbocycles. The first-order valence-electron chi connectivity index (χ1n) is 9.40. The highest BCUT2D eigenvalue weighted by Crippen LogP contribution is 2.23. The third-order valence-electron chi connectivity index (χ3n) is 4.50. The zero-order chi connectivity index (χ0) is 20.5. The SMILES string of the molecule is CO/N=C(\C[OH+]c1ccc(-c2ccc(CCC(=O)O)cc2)cc1)c1ccccc1. The van der Waals surface area contributed by atoms with Gasteiger partial charge in [-0.25, -0.2) is 0 Å². The van der Waals surface area contributed by atoms with Crippen molar-refractivity contribution in [2.75, 3.05) is 13.7 Å². The van der Waals surface area contributed by atoms with E-state index in [1.165, 1.54) is 7.11 Å². The number of nitrogens with zero attached hydrogens (tertiary/aromatic N) is 1. The van der Waals surface area contributed by atoms with Crippen LogP contribution in [0.2, 0.25) is 0 Å². The Morgan fingerprint density at radius 1 is 0.931 bits per heavy atom. The Labute approximate surface area is 170 Å². The van der Waals surface area contributed by atoms with Gasteiger partial charge in [-0.3, -0.25) is 4.79 Å². The molecule has 0 atom stereocenters. The predicted molar refractivity (Wildman–Crippen MR) is 114 cm³/mol. The third kappa shape index (κ3) is 5.94. The first kappa shape index (κ1) is 20.1. The number of aliphatic hydroxyl groups is 1. The average Bonchev–Trinajstić information content (AvgIpc) is 2.76. The normalized spacial score (nSPS) is 11.1. The lowest BCUT2D eigenvalue weighted by molar-refractivity contribution is -0.136. The van der Waals surface area contributed by atoms with Gasteiger partial charge in [0.15, 0.2) is 5.71 Å². The van der Waals surface area contributed by atoms with Crippen molar-refractivity contribution in [2.45, 2.75) is 12.8 Å². The predicted octanol–water partition coefficient (Wildman–Crippen LogP) is 4.66. The summed E-state index contributed by atoms with van der Waals surface area (Å²) in [5.41, 5.74) is 4.95. The van der Waals surface area contributed by atoms with E-state index in [-0.39, 0.29) is 6.42 Å². The number of hydrogen-bond donors (Lipinski definition) is 1. The lowest BCUT2D eigenvalue weighted by Crippen LogP contribution is -2.11. The molecule has 0 radical (unpaired) electrons. The molecule has 0 spiro atoms. The molecule has 5 heteroatoms. The van der Waals surface area contributed by atoms with Crippen molar-refractivity contribution < 1.29 is 19.5 Å². The van der Waals surface area contributed by atoms with Crippen molar-refractivity contribution in [3.05, 3.63) is 90.0 Å². The largest absolute Gasteiger partial charge is 0.578 e. The number of oxime groups is 1. The number of aromatic hydroxyl groups is 1. The van der Waals surface area contributed by atoms with Gasteiger partial charge in [0.05, 0.1) is 0 Å². The van der Waals surface area contributed by atoms with E-state index in [9.17, 15) is 4.79 Å². The minimum Gasteiger partial charge on any atom is -0.578 e. The van der Waals surface area contributed by atoms with Crippen molar-refractivity contribution in [3.63, 3.8) is 0 Å². The van der Waals surface area contributed by atoms with E-state index in [1.54, 1.807) is 0 Å². The van der Waals surface area contributed by atoms with Crippen molar-refractivity contribution in [1.82, 2.24) is 0 Å². The number of carbonyl (C=O) groups is 1. The highest BCUT2D eigenvalue weighted by molar-refractivity contribution is 6.01. The van der Waals surface area contributed by atoms with Gasteiger partial charge >= 0.3 is 5.97 Å². The minimum absolute atomic E-state index is 0.146. The Balaban J connectivity index is 1.62. The summed E-state index contributed by atoms with van der Waals surface area (Å²) in [6.07, 6.45) is 0.688. The highest BCUT2D eigenvalue weighted by atomic mass is 16.6. The maximum absolute atomic E-state index is 10.7. The van der Waals surface area contributed by atoms with Gasteiger partial charge in [0.1, 0.15) is 7.11 Å². The van der Waals surface area contributed by atoms with Crippen LogP contribution in [0.1, 0.15) is 17.5 Å². The summed E-state index contributed by atoms with van der Waals surface area (Å²) in [5.74, 6) is 0.0888. The molecule has 148 valence electrons. The lowest BCUT2D eigenvalue weighted by atomic mass is 10.0. The van der Waals surface area contributed by atoms with Gasteiger partial charge in [-0.15, -0.1) is 0 Å². The molecule has 0 saturated heterocycles. The molecule has 29 heavy (non-hydrogen) atoms. The second-order valence-corrected chi connectivity index (χ2v) is 6.54. The molecule has 3 aromatic carbocycles. The molecular weight excluding hydrogens is 366 g/mol. The van der Waals surface area contributed by atoms with Gasteiger partial charge in [-0.1, -0.05) is 59.8 Å². The van der Waals surface area contributed by atoms with Crippen LogP contribution < -0.4 is 0 Å². The number of aliphatic carboxylic acids is 1.